The van der Waals surface area contributed by atoms with Crippen LogP contribution < -0.4 is 10.5 Å². The number of nitrogen functional groups attached to an aromatic ring is 1. The lowest BCUT2D eigenvalue weighted by Crippen LogP contribution is -2.11. The normalized spacial score (nSPS) is 10.6. The van der Waals surface area contributed by atoms with Crippen LogP contribution in [0.3, 0.4) is 0 Å². The van der Waals surface area contributed by atoms with Crippen LogP contribution in [0.15, 0.2) is 24.3 Å². The first kappa shape index (κ1) is 14.4. The molecule has 6 heteroatoms. The number of aromatic nitrogens is 2. The second-order valence-corrected chi connectivity index (χ2v) is 4.77. The summed E-state index contributed by atoms with van der Waals surface area (Å²) in [6.07, 6.45) is 0. The van der Waals surface area contributed by atoms with Gasteiger partial charge in [-0.05, 0) is 26.0 Å². The van der Waals surface area contributed by atoms with E-state index in [2.05, 4.69) is 5.10 Å². The number of aryl methyl sites for hydroxylation is 2. The van der Waals surface area contributed by atoms with E-state index in [4.69, 9.17) is 27.5 Å². The highest BCUT2D eigenvalue weighted by Gasteiger charge is 2.13. The molecule has 0 bridgehead atoms. The van der Waals surface area contributed by atoms with Gasteiger partial charge in [-0.15, -0.1) is 0 Å². The highest BCUT2D eigenvalue weighted by molar-refractivity contribution is 6.31. The molecule has 0 unspecified atom stereocenters. The average Bonchev–Trinajstić information content (AvgIpc) is 2.72. The number of ether oxygens (including phenoxy) is 1. The molecule has 1 aromatic heterocycles. The number of nitrogens with zero attached hydrogens (tertiary/aromatic N) is 2. The van der Waals surface area contributed by atoms with E-state index in [1.807, 2.05) is 24.6 Å². The first-order chi connectivity index (χ1) is 9.52. The van der Waals surface area contributed by atoms with Gasteiger partial charge in [0.25, 0.3) is 0 Å². The summed E-state index contributed by atoms with van der Waals surface area (Å²) in [6.45, 7) is 4.94. The molecule has 0 aliphatic carbocycles. The van der Waals surface area contributed by atoms with E-state index in [-0.39, 0.29) is 5.84 Å². The predicted molar refractivity (Wildman–Crippen MR) is 79.4 cm³/mol. The third kappa shape index (κ3) is 2.93. The number of halogens is 1. The Labute approximate surface area is 122 Å². The van der Waals surface area contributed by atoms with Gasteiger partial charge in [-0.3, -0.25) is 10.1 Å². The van der Waals surface area contributed by atoms with E-state index in [0.29, 0.717) is 22.9 Å². The van der Waals surface area contributed by atoms with Gasteiger partial charge in [0.15, 0.2) is 0 Å². The summed E-state index contributed by atoms with van der Waals surface area (Å²) in [4.78, 5) is 0. The van der Waals surface area contributed by atoms with Gasteiger partial charge in [-0.1, -0.05) is 23.7 Å². The Balaban J connectivity index is 2.16. The standard InChI is InChI=1S/C14H17ClN4O/c1-3-19-12(13(15)9(2)18-19)8-20-11-6-4-5-10(7-11)14(16)17/h4-7H,3,8H2,1-2H3,(H3,16,17). The zero-order valence-corrected chi connectivity index (χ0v) is 12.2. The molecule has 106 valence electrons. The van der Waals surface area contributed by atoms with Crippen LogP contribution in [0, 0.1) is 12.3 Å². The van der Waals surface area contributed by atoms with E-state index in [1.54, 1.807) is 18.2 Å². The second-order valence-electron chi connectivity index (χ2n) is 4.39. The fourth-order valence-electron chi connectivity index (χ4n) is 1.91. The van der Waals surface area contributed by atoms with Crippen molar-refractivity contribution in [3.8, 4) is 5.75 Å². The summed E-state index contributed by atoms with van der Waals surface area (Å²) in [5.74, 6) is 0.665. The van der Waals surface area contributed by atoms with Crippen LogP contribution in [0.4, 0.5) is 0 Å². The number of nitrogens with two attached hydrogens (primary N) is 1. The molecule has 2 rings (SSSR count). The van der Waals surface area contributed by atoms with E-state index in [0.717, 1.165) is 17.9 Å². The molecule has 20 heavy (non-hydrogen) atoms. The van der Waals surface area contributed by atoms with Gasteiger partial charge in [0, 0.05) is 12.1 Å². The van der Waals surface area contributed by atoms with E-state index in [9.17, 15) is 0 Å². The maximum absolute atomic E-state index is 7.42. The minimum atomic E-state index is 0.0166. The highest BCUT2D eigenvalue weighted by atomic mass is 35.5. The van der Waals surface area contributed by atoms with Crippen molar-refractivity contribution in [2.75, 3.05) is 0 Å². The Morgan fingerprint density at radius 1 is 1.50 bits per heavy atom. The summed E-state index contributed by atoms with van der Waals surface area (Å²) in [6, 6.07) is 7.12. The molecule has 0 atom stereocenters. The van der Waals surface area contributed by atoms with Gasteiger partial charge < -0.3 is 10.5 Å². The van der Waals surface area contributed by atoms with Crippen LogP contribution in [-0.4, -0.2) is 15.6 Å². The smallest absolute Gasteiger partial charge is 0.131 e. The van der Waals surface area contributed by atoms with E-state index < -0.39 is 0 Å². The van der Waals surface area contributed by atoms with Crippen molar-refractivity contribution in [3.63, 3.8) is 0 Å². The maximum atomic E-state index is 7.42. The molecule has 1 aromatic carbocycles. The third-order valence-corrected chi connectivity index (χ3v) is 3.47. The van der Waals surface area contributed by atoms with Gasteiger partial charge in [0.1, 0.15) is 18.2 Å². The second kappa shape index (κ2) is 5.96. The van der Waals surface area contributed by atoms with E-state index in [1.165, 1.54) is 0 Å². The van der Waals surface area contributed by atoms with Crippen LogP contribution in [-0.2, 0) is 13.2 Å². The topological polar surface area (TPSA) is 76.9 Å². The van der Waals surface area contributed by atoms with Gasteiger partial charge in [0.2, 0.25) is 0 Å². The van der Waals surface area contributed by atoms with Crippen LogP contribution in [0.5, 0.6) is 5.75 Å². The first-order valence-corrected chi connectivity index (χ1v) is 6.69. The molecule has 0 fully saturated rings. The van der Waals surface area contributed by atoms with Crippen molar-refractivity contribution >= 4 is 17.4 Å². The van der Waals surface area contributed by atoms with E-state index >= 15 is 0 Å². The first-order valence-electron chi connectivity index (χ1n) is 6.32. The van der Waals surface area contributed by atoms with Crippen LogP contribution >= 0.6 is 11.6 Å². The quantitative estimate of drug-likeness (QED) is 0.657. The van der Waals surface area contributed by atoms with Crippen molar-refractivity contribution in [2.45, 2.75) is 27.0 Å². The van der Waals surface area contributed by atoms with Crippen molar-refractivity contribution in [3.05, 3.63) is 46.2 Å². The number of nitrogens with one attached hydrogen (secondary N) is 1. The molecule has 0 saturated heterocycles. The molecule has 0 amide bonds. The number of benzene rings is 1. The summed E-state index contributed by atoms with van der Waals surface area (Å²) in [5, 5.41) is 12.4. The summed E-state index contributed by atoms with van der Waals surface area (Å²) in [7, 11) is 0. The molecule has 1 heterocycles. The van der Waals surface area contributed by atoms with Crippen molar-refractivity contribution in [1.82, 2.24) is 9.78 Å². The number of rotatable bonds is 5. The Bertz CT molecular complexity index is 636. The van der Waals surface area contributed by atoms with Crippen LogP contribution in [0.2, 0.25) is 5.02 Å². The molecule has 5 nitrogen and oxygen atoms in total. The molecule has 0 radical (unpaired) electrons. The third-order valence-electron chi connectivity index (χ3n) is 2.97. The molecular weight excluding hydrogens is 276 g/mol. The Morgan fingerprint density at radius 2 is 2.25 bits per heavy atom. The summed E-state index contributed by atoms with van der Waals surface area (Å²) >= 11 is 6.22. The Morgan fingerprint density at radius 3 is 2.90 bits per heavy atom. The number of amidine groups is 1. The summed E-state index contributed by atoms with van der Waals surface area (Å²) in [5.41, 5.74) is 7.73. The monoisotopic (exact) mass is 292 g/mol. The van der Waals surface area contributed by atoms with Crippen LogP contribution in [0.1, 0.15) is 23.9 Å². The lowest BCUT2D eigenvalue weighted by Gasteiger charge is -2.09. The highest BCUT2D eigenvalue weighted by Crippen LogP contribution is 2.22. The predicted octanol–water partition coefficient (Wildman–Crippen LogP) is 2.73. The maximum Gasteiger partial charge on any atom is 0.131 e. The van der Waals surface area contributed by atoms with Crippen molar-refractivity contribution in [1.29, 1.82) is 5.41 Å². The lowest BCUT2D eigenvalue weighted by molar-refractivity contribution is 0.292. The molecule has 0 saturated carbocycles. The van der Waals surface area contributed by atoms with Crippen LogP contribution in [0.25, 0.3) is 0 Å². The molecule has 0 aliphatic heterocycles. The molecule has 0 spiro atoms. The molecule has 2 aromatic rings. The molecule has 0 aliphatic rings. The minimum absolute atomic E-state index is 0.0166. The fourth-order valence-corrected chi connectivity index (χ4v) is 2.10. The lowest BCUT2D eigenvalue weighted by atomic mass is 10.2. The van der Waals surface area contributed by atoms with Gasteiger partial charge >= 0.3 is 0 Å². The van der Waals surface area contributed by atoms with Gasteiger partial charge in [-0.25, -0.2) is 0 Å². The van der Waals surface area contributed by atoms with Crippen molar-refractivity contribution in [2.24, 2.45) is 5.73 Å². The zero-order valence-electron chi connectivity index (χ0n) is 11.5. The summed E-state index contributed by atoms with van der Waals surface area (Å²) < 4.78 is 7.55. The number of hydrogen-bond donors (Lipinski definition) is 2. The Kier molecular flexibility index (Phi) is 4.29. The SMILES string of the molecule is CCn1nc(C)c(Cl)c1COc1cccc(C(=N)N)c1. The molecular formula is C14H17ClN4O. The van der Waals surface area contributed by atoms with Gasteiger partial charge in [-0.2, -0.15) is 5.10 Å². The number of hydrogen-bond acceptors (Lipinski definition) is 3. The fraction of sp³-hybridized carbons (Fsp3) is 0.286. The molecule has 3 N–H and O–H groups in total. The van der Waals surface area contributed by atoms with Crippen molar-refractivity contribution < 1.29 is 4.74 Å². The minimum Gasteiger partial charge on any atom is -0.487 e. The van der Waals surface area contributed by atoms with Gasteiger partial charge in [0.05, 0.1) is 16.4 Å². The largest absolute Gasteiger partial charge is 0.487 e. The average molecular weight is 293 g/mol. The Hall–Kier alpha value is -2.01. The zero-order chi connectivity index (χ0) is 14.7.